The zero-order valence-corrected chi connectivity index (χ0v) is 25.5. The van der Waals surface area contributed by atoms with E-state index in [9.17, 15) is 0 Å². The van der Waals surface area contributed by atoms with Crippen LogP contribution in [-0.2, 0) is 33.8 Å². The fourth-order valence-electron chi connectivity index (χ4n) is 4.19. The van der Waals surface area contributed by atoms with Crippen LogP contribution in [0.1, 0.15) is 52.7 Å². The molecule has 41 heavy (non-hydrogen) atoms. The molecule has 0 radical (unpaired) electrons. The van der Waals surface area contributed by atoms with Gasteiger partial charge in [0.25, 0.3) is 0 Å². The number of ether oxygens (including phenoxy) is 8. The predicted octanol–water partition coefficient (Wildman–Crippen LogP) is 5.19. The van der Waals surface area contributed by atoms with Crippen molar-refractivity contribution >= 4 is 0 Å². The van der Waals surface area contributed by atoms with Crippen molar-refractivity contribution in [3.8, 4) is 11.5 Å². The molecule has 6 atom stereocenters. The lowest BCUT2D eigenvalue weighted by Crippen LogP contribution is -2.25. The summed E-state index contributed by atoms with van der Waals surface area (Å²) in [5.41, 5.74) is 2.24. The van der Waals surface area contributed by atoms with E-state index in [2.05, 4.69) is 38.1 Å². The minimum absolute atomic E-state index is 0.0327. The summed E-state index contributed by atoms with van der Waals surface area (Å²) in [5, 5.41) is 0. The average molecular weight is 573 g/mol. The second-order valence-corrected chi connectivity index (χ2v) is 11.8. The van der Waals surface area contributed by atoms with Crippen LogP contribution in [0.3, 0.4) is 0 Å². The van der Waals surface area contributed by atoms with Gasteiger partial charge in [-0.1, -0.05) is 38.1 Å². The summed E-state index contributed by atoms with van der Waals surface area (Å²) in [4.78, 5) is 0. The third kappa shape index (κ3) is 11.2. The van der Waals surface area contributed by atoms with Crippen LogP contribution in [-0.4, -0.2) is 89.5 Å². The first-order valence-electron chi connectivity index (χ1n) is 14.8. The van der Waals surface area contributed by atoms with Gasteiger partial charge in [-0.2, -0.15) is 0 Å². The highest BCUT2D eigenvalue weighted by Gasteiger charge is 2.25. The van der Waals surface area contributed by atoms with E-state index < -0.39 is 0 Å². The molecule has 0 saturated carbocycles. The first-order valence-corrected chi connectivity index (χ1v) is 14.8. The van der Waals surface area contributed by atoms with E-state index >= 15 is 0 Å². The number of benzene rings is 2. The predicted molar refractivity (Wildman–Crippen MR) is 157 cm³/mol. The summed E-state index contributed by atoms with van der Waals surface area (Å²) >= 11 is 0. The van der Waals surface area contributed by atoms with Gasteiger partial charge in [0.05, 0.1) is 64.1 Å². The van der Waals surface area contributed by atoms with Crippen molar-refractivity contribution in [2.24, 2.45) is 0 Å². The molecule has 0 aromatic heterocycles. The maximum atomic E-state index is 5.97. The van der Waals surface area contributed by atoms with E-state index in [0.29, 0.717) is 39.6 Å². The molecule has 0 bridgehead atoms. The Bertz CT molecular complexity index is 935. The SMILES string of the molecule is CC(COc1ccc(C(C)(C)c2ccc(OCC(C)OCC(C)OCC3CO3)cc2)cc1)OCC(C)OCC1CO1. The highest BCUT2D eigenvalue weighted by atomic mass is 16.6. The summed E-state index contributed by atoms with van der Waals surface area (Å²) in [5.74, 6) is 1.65. The highest BCUT2D eigenvalue weighted by molar-refractivity contribution is 5.41. The Morgan fingerprint density at radius 1 is 0.585 bits per heavy atom. The van der Waals surface area contributed by atoms with Crippen LogP contribution in [0.15, 0.2) is 48.5 Å². The van der Waals surface area contributed by atoms with Gasteiger partial charge in [-0.15, -0.1) is 0 Å². The van der Waals surface area contributed by atoms with E-state index in [0.717, 1.165) is 24.7 Å². The first kappa shape index (κ1) is 31.7. The molecule has 0 aliphatic carbocycles. The van der Waals surface area contributed by atoms with Crippen LogP contribution in [0.25, 0.3) is 0 Å². The molecule has 2 aromatic rings. The monoisotopic (exact) mass is 572 g/mol. The molecule has 0 amide bonds. The van der Waals surface area contributed by atoms with Crippen LogP contribution in [0.5, 0.6) is 11.5 Å². The lowest BCUT2D eigenvalue weighted by atomic mass is 9.78. The summed E-state index contributed by atoms with van der Waals surface area (Å²) < 4.78 is 45.5. The number of epoxide rings is 2. The minimum Gasteiger partial charge on any atom is -0.491 e. The second kappa shape index (κ2) is 15.3. The standard InChI is InChI=1S/C33H48O8/c1-23(36-19-31-21-40-31)15-34-25(3)17-38-29-11-7-27(8-12-29)33(5,6)28-9-13-30(14-10-28)39-18-26(4)35-16-24(2)37-20-32-22-41-32/h7-14,23-26,31-32H,15-22H2,1-6H3. The van der Waals surface area contributed by atoms with Crippen molar-refractivity contribution in [2.45, 2.75) is 83.6 Å². The molecule has 2 aliphatic heterocycles. The molecule has 8 nitrogen and oxygen atoms in total. The van der Waals surface area contributed by atoms with Crippen LogP contribution in [0.4, 0.5) is 0 Å². The van der Waals surface area contributed by atoms with Gasteiger partial charge in [-0.05, 0) is 63.1 Å². The normalized spacial score (nSPS) is 21.1. The zero-order chi connectivity index (χ0) is 29.2. The lowest BCUT2D eigenvalue weighted by Gasteiger charge is -2.27. The molecular formula is C33H48O8. The minimum atomic E-state index is -0.173. The molecule has 2 aliphatic rings. The van der Waals surface area contributed by atoms with E-state index in [1.54, 1.807) is 0 Å². The largest absolute Gasteiger partial charge is 0.491 e. The quantitative estimate of drug-likeness (QED) is 0.201. The second-order valence-electron chi connectivity index (χ2n) is 11.8. The molecule has 8 heteroatoms. The molecule has 2 fully saturated rings. The van der Waals surface area contributed by atoms with Crippen molar-refractivity contribution in [3.05, 3.63) is 59.7 Å². The molecule has 0 N–H and O–H groups in total. The van der Waals surface area contributed by atoms with E-state index in [-0.39, 0.29) is 42.0 Å². The summed E-state index contributed by atoms with van der Waals surface area (Å²) in [7, 11) is 0. The molecule has 2 aromatic carbocycles. The smallest absolute Gasteiger partial charge is 0.119 e. The highest BCUT2D eigenvalue weighted by Crippen LogP contribution is 2.33. The summed E-state index contributed by atoms with van der Waals surface area (Å²) in [6.07, 6.45) is 0.547. The zero-order valence-electron chi connectivity index (χ0n) is 25.5. The van der Waals surface area contributed by atoms with Gasteiger partial charge in [-0.3, -0.25) is 0 Å². The summed E-state index contributed by atoms with van der Waals surface area (Å²) in [6.45, 7) is 17.4. The topological polar surface area (TPSA) is 80.4 Å². The van der Waals surface area contributed by atoms with E-state index in [1.807, 2.05) is 52.0 Å². The van der Waals surface area contributed by atoms with Gasteiger partial charge in [0.15, 0.2) is 0 Å². The van der Waals surface area contributed by atoms with Gasteiger partial charge in [0, 0.05) is 5.41 Å². The third-order valence-electron chi connectivity index (χ3n) is 7.29. The lowest BCUT2D eigenvalue weighted by molar-refractivity contribution is -0.0451. The Labute approximate surface area is 245 Å². The number of rotatable bonds is 20. The molecule has 4 rings (SSSR count). The first-order chi connectivity index (χ1) is 19.7. The van der Waals surface area contributed by atoms with Gasteiger partial charge in [-0.25, -0.2) is 0 Å². The van der Waals surface area contributed by atoms with Crippen molar-refractivity contribution < 1.29 is 37.9 Å². The van der Waals surface area contributed by atoms with Gasteiger partial charge < -0.3 is 37.9 Å². The molecule has 0 spiro atoms. The van der Waals surface area contributed by atoms with Crippen LogP contribution in [0, 0.1) is 0 Å². The third-order valence-corrected chi connectivity index (χ3v) is 7.29. The Morgan fingerprint density at radius 3 is 1.27 bits per heavy atom. The van der Waals surface area contributed by atoms with Gasteiger partial charge in [0.1, 0.15) is 36.9 Å². The molecule has 6 unspecified atom stereocenters. The average Bonchev–Trinajstić information content (AvgIpc) is 3.91. The van der Waals surface area contributed by atoms with Crippen molar-refractivity contribution in [1.82, 2.24) is 0 Å². The molecule has 2 heterocycles. The Hall–Kier alpha value is -2.20. The molecule has 2 saturated heterocycles. The van der Waals surface area contributed by atoms with Crippen LogP contribution in [0.2, 0.25) is 0 Å². The maximum absolute atomic E-state index is 5.97. The van der Waals surface area contributed by atoms with Gasteiger partial charge >= 0.3 is 0 Å². The Morgan fingerprint density at radius 2 is 0.927 bits per heavy atom. The van der Waals surface area contributed by atoms with Crippen molar-refractivity contribution in [3.63, 3.8) is 0 Å². The fraction of sp³-hybridized carbons (Fsp3) is 0.636. The number of hydrogen-bond acceptors (Lipinski definition) is 8. The van der Waals surface area contributed by atoms with Crippen molar-refractivity contribution in [1.29, 1.82) is 0 Å². The maximum Gasteiger partial charge on any atom is 0.119 e. The van der Waals surface area contributed by atoms with Crippen LogP contribution < -0.4 is 9.47 Å². The van der Waals surface area contributed by atoms with E-state index in [4.69, 9.17) is 37.9 Å². The summed E-state index contributed by atoms with van der Waals surface area (Å²) in [6, 6.07) is 16.6. The van der Waals surface area contributed by atoms with Crippen LogP contribution >= 0.6 is 0 Å². The van der Waals surface area contributed by atoms with E-state index in [1.165, 1.54) is 11.1 Å². The molecule has 228 valence electrons. The Balaban J connectivity index is 1.16. The van der Waals surface area contributed by atoms with Gasteiger partial charge in [0.2, 0.25) is 0 Å². The fourth-order valence-corrected chi connectivity index (χ4v) is 4.19. The molecular weight excluding hydrogens is 524 g/mol. The van der Waals surface area contributed by atoms with Crippen molar-refractivity contribution in [2.75, 3.05) is 52.9 Å². The Kier molecular flexibility index (Phi) is 11.9. The number of hydrogen-bond donors (Lipinski definition) is 0.